The molecule has 3 heterocycles. The second-order valence-corrected chi connectivity index (χ2v) is 11.4. The maximum absolute atomic E-state index is 12.7. The number of ether oxygens (including phenoxy) is 2. The summed E-state index contributed by atoms with van der Waals surface area (Å²) in [5.74, 6) is 2.64. The van der Waals surface area contributed by atoms with Gasteiger partial charge in [-0.25, -0.2) is 9.78 Å². The number of nitrogens with zero attached hydrogens (tertiary/aromatic N) is 5. The summed E-state index contributed by atoms with van der Waals surface area (Å²) >= 11 is 0. The fourth-order valence-corrected chi connectivity index (χ4v) is 6.19. The molecule has 3 aliphatic rings. The Morgan fingerprint density at radius 2 is 1.57 bits per heavy atom. The van der Waals surface area contributed by atoms with Gasteiger partial charge in [0.25, 0.3) is 0 Å². The molecule has 6 rings (SSSR count). The molecule has 40 heavy (non-hydrogen) atoms. The van der Waals surface area contributed by atoms with Crippen LogP contribution in [0.2, 0.25) is 0 Å². The quantitative estimate of drug-likeness (QED) is 0.384. The molecule has 0 unspecified atom stereocenters. The lowest BCUT2D eigenvalue weighted by Gasteiger charge is -2.32. The first-order valence-electron chi connectivity index (χ1n) is 14.7. The SMILES string of the molecule is COc1ccc(OC(=O)N2CCC(Nc3nc(NC4CCC(N)CC4)nc4c3ncn4C3CCCC3)CC2)cc1. The molecular formula is C29H40N8O3. The number of nitrogens with one attached hydrogen (secondary N) is 2. The largest absolute Gasteiger partial charge is 0.497 e. The fraction of sp³-hybridized carbons (Fsp3) is 0.586. The van der Waals surface area contributed by atoms with Gasteiger partial charge in [0.15, 0.2) is 17.0 Å². The molecule has 0 atom stereocenters. The number of hydrogen-bond acceptors (Lipinski definition) is 9. The molecule has 3 fully saturated rings. The smallest absolute Gasteiger partial charge is 0.415 e. The van der Waals surface area contributed by atoms with Crippen molar-refractivity contribution in [2.24, 2.45) is 5.73 Å². The van der Waals surface area contributed by atoms with Crippen LogP contribution in [0.25, 0.3) is 11.2 Å². The maximum Gasteiger partial charge on any atom is 0.415 e. The highest BCUT2D eigenvalue weighted by molar-refractivity contribution is 5.84. The molecule has 1 aromatic carbocycles. The van der Waals surface area contributed by atoms with Gasteiger partial charge in [0.1, 0.15) is 11.5 Å². The molecule has 0 radical (unpaired) electrons. The van der Waals surface area contributed by atoms with E-state index >= 15 is 0 Å². The van der Waals surface area contributed by atoms with E-state index in [2.05, 4.69) is 15.2 Å². The second-order valence-electron chi connectivity index (χ2n) is 11.4. The van der Waals surface area contributed by atoms with Gasteiger partial charge in [0.2, 0.25) is 5.95 Å². The number of nitrogens with two attached hydrogens (primary N) is 1. The zero-order valence-electron chi connectivity index (χ0n) is 23.2. The van der Waals surface area contributed by atoms with E-state index in [0.29, 0.717) is 42.9 Å². The molecule has 11 nitrogen and oxygen atoms in total. The Balaban J connectivity index is 1.14. The summed E-state index contributed by atoms with van der Waals surface area (Å²) in [6.07, 6.45) is 12.1. The highest BCUT2D eigenvalue weighted by Crippen LogP contribution is 2.34. The molecule has 1 amide bonds. The summed E-state index contributed by atoms with van der Waals surface area (Å²) in [5.41, 5.74) is 7.83. The zero-order chi connectivity index (χ0) is 27.5. The van der Waals surface area contributed by atoms with Crippen molar-refractivity contribution in [3.8, 4) is 11.5 Å². The van der Waals surface area contributed by atoms with Gasteiger partial charge in [-0.3, -0.25) is 0 Å². The fourth-order valence-electron chi connectivity index (χ4n) is 6.19. The third kappa shape index (κ3) is 5.94. The third-order valence-corrected chi connectivity index (χ3v) is 8.60. The van der Waals surface area contributed by atoms with Crippen LogP contribution in [0.5, 0.6) is 11.5 Å². The third-order valence-electron chi connectivity index (χ3n) is 8.60. The number of anilines is 2. The molecule has 4 N–H and O–H groups in total. The van der Waals surface area contributed by atoms with Crippen molar-refractivity contribution in [2.75, 3.05) is 30.8 Å². The number of piperidine rings is 1. The number of carbonyl (C=O) groups is 1. The number of aromatic nitrogens is 4. The van der Waals surface area contributed by atoms with Crippen molar-refractivity contribution in [3.05, 3.63) is 30.6 Å². The van der Waals surface area contributed by atoms with Crippen LogP contribution in [0.15, 0.2) is 30.6 Å². The van der Waals surface area contributed by atoms with Gasteiger partial charge in [-0.15, -0.1) is 0 Å². The Hall–Kier alpha value is -3.60. The lowest BCUT2D eigenvalue weighted by atomic mass is 9.92. The molecule has 2 saturated carbocycles. The van der Waals surface area contributed by atoms with Crippen molar-refractivity contribution >= 4 is 29.0 Å². The van der Waals surface area contributed by atoms with Crippen LogP contribution in [0, 0.1) is 0 Å². The van der Waals surface area contributed by atoms with E-state index in [9.17, 15) is 4.79 Å². The van der Waals surface area contributed by atoms with Gasteiger partial charge >= 0.3 is 6.09 Å². The number of methoxy groups -OCH3 is 1. The molecule has 0 spiro atoms. The Morgan fingerprint density at radius 1 is 0.900 bits per heavy atom. The first-order valence-corrected chi connectivity index (χ1v) is 14.7. The Morgan fingerprint density at radius 3 is 2.27 bits per heavy atom. The van der Waals surface area contributed by atoms with E-state index in [1.54, 1.807) is 36.3 Å². The van der Waals surface area contributed by atoms with Crippen molar-refractivity contribution in [1.29, 1.82) is 0 Å². The van der Waals surface area contributed by atoms with Crippen molar-refractivity contribution in [1.82, 2.24) is 24.4 Å². The number of imidazole rings is 1. The molecule has 3 aromatic rings. The number of benzene rings is 1. The summed E-state index contributed by atoms with van der Waals surface area (Å²) in [4.78, 5) is 29.1. The van der Waals surface area contributed by atoms with Gasteiger partial charge in [0, 0.05) is 37.3 Å². The van der Waals surface area contributed by atoms with Crippen LogP contribution < -0.4 is 25.8 Å². The number of hydrogen-bond donors (Lipinski definition) is 3. The summed E-state index contributed by atoms with van der Waals surface area (Å²) in [7, 11) is 1.61. The van der Waals surface area contributed by atoms with E-state index in [0.717, 1.165) is 74.1 Å². The number of likely N-dealkylation sites (tertiary alicyclic amines) is 1. The first kappa shape index (κ1) is 26.6. The molecule has 2 aliphatic carbocycles. The van der Waals surface area contributed by atoms with E-state index in [1.807, 2.05) is 6.33 Å². The van der Waals surface area contributed by atoms with Crippen molar-refractivity contribution in [2.45, 2.75) is 88.4 Å². The van der Waals surface area contributed by atoms with Crippen LogP contribution >= 0.6 is 0 Å². The summed E-state index contributed by atoms with van der Waals surface area (Å²) in [6, 6.07) is 8.26. The normalized spacial score (nSPS) is 22.4. The van der Waals surface area contributed by atoms with Crippen LogP contribution in [-0.2, 0) is 0 Å². The standard InChI is InChI=1S/C29H40N8O3/c1-39-23-10-12-24(13-11-23)40-29(38)36-16-14-21(15-17-36)32-26-25-27(37(18-31-25)22-4-2-3-5-22)35-28(34-26)33-20-8-6-19(30)7-9-20/h10-13,18-22H,2-9,14-17,30H2,1H3,(H2,32,33,34,35). The minimum atomic E-state index is -0.331. The van der Waals surface area contributed by atoms with Gasteiger partial charge in [-0.2, -0.15) is 9.97 Å². The van der Waals surface area contributed by atoms with Crippen LogP contribution in [-0.4, -0.2) is 68.8 Å². The molecule has 0 bridgehead atoms. The highest BCUT2D eigenvalue weighted by atomic mass is 16.6. The Bertz CT molecular complexity index is 1290. The average Bonchev–Trinajstić information content (AvgIpc) is 3.65. The van der Waals surface area contributed by atoms with Crippen molar-refractivity contribution in [3.63, 3.8) is 0 Å². The van der Waals surface area contributed by atoms with Crippen molar-refractivity contribution < 1.29 is 14.3 Å². The summed E-state index contributed by atoms with van der Waals surface area (Å²) < 4.78 is 13.0. The molecule has 2 aromatic heterocycles. The maximum atomic E-state index is 12.7. The predicted octanol–water partition coefficient (Wildman–Crippen LogP) is 4.71. The molecule has 11 heteroatoms. The Kier molecular flexibility index (Phi) is 7.90. The monoisotopic (exact) mass is 548 g/mol. The van der Waals surface area contributed by atoms with Crippen LogP contribution in [0.3, 0.4) is 0 Å². The number of amides is 1. The predicted molar refractivity (Wildman–Crippen MR) is 154 cm³/mol. The molecule has 1 saturated heterocycles. The minimum Gasteiger partial charge on any atom is -0.497 e. The minimum absolute atomic E-state index is 0.167. The average molecular weight is 549 g/mol. The van der Waals surface area contributed by atoms with Crippen LogP contribution in [0.1, 0.15) is 70.3 Å². The van der Waals surface area contributed by atoms with Gasteiger partial charge in [-0.05, 0) is 75.6 Å². The topological polar surface area (TPSA) is 132 Å². The number of fused-ring (bicyclic) bond motifs is 1. The highest BCUT2D eigenvalue weighted by Gasteiger charge is 2.27. The Labute approximate surface area is 234 Å². The van der Waals surface area contributed by atoms with E-state index in [-0.39, 0.29) is 12.1 Å². The lowest BCUT2D eigenvalue weighted by molar-refractivity contribution is 0.140. The second kappa shape index (κ2) is 11.9. The summed E-state index contributed by atoms with van der Waals surface area (Å²) in [6.45, 7) is 1.20. The lowest BCUT2D eigenvalue weighted by Crippen LogP contribution is -2.43. The molecule has 1 aliphatic heterocycles. The zero-order valence-corrected chi connectivity index (χ0v) is 23.2. The van der Waals surface area contributed by atoms with Crippen LogP contribution in [0.4, 0.5) is 16.6 Å². The van der Waals surface area contributed by atoms with Gasteiger partial charge in [-0.1, -0.05) is 12.8 Å². The molecular weight excluding hydrogens is 508 g/mol. The molecule has 214 valence electrons. The first-order chi connectivity index (χ1) is 19.6. The number of carbonyl (C=O) groups excluding carboxylic acids is 1. The van der Waals surface area contributed by atoms with Gasteiger partial charge < -0.3 is 35.3 Å². The van der Waals surface area contributed by atoms with E-state index in [4.69, 9.17) is 30.2 Å². The van der Waals surface area contributed by atoms with E-state index < -0.39 is 0 Å². The van der Waals surface area contributed by atoms with E-state index in [1.165, 1.54) is 12.8 Å². The van der Waals surface area contributed by atoms with Gasteiger partial charge in [0.05, 0.1) is 13.4 Å². The number of rotatable bonds is 7. The summed E-state index contributed by atoms with van der Waals surface area (Å²) in [5, 5.41) is 7.25.